The number of benzene rings is 2. The van der Waals surface area contributed by atoms with E-state index in [4.69, 9.17) is 16.6 Å². The molecule has 0 unspecified atom stereocenters. The summed E-state index contributed by atoms with van der Waals surface area (Å²) in [6.07, 6.45) is 2.96. The standard InChI is InChI=1S/C25H29ClFN3O/c1-4-23-28-22-11-10-18(19-8-5-9-21(26)24(19)27)13-20(22)25(31)30(23)15-17-7-6-12-29(14-17)16(2)3/h5,8-11,13,16-17H,4,6-7,12,14-15H2,1-3H3/t17-/m0/s1. The molecule has 0 amide bonds. The minimum atomic E-state index is -0.474. The highest BCUT2D eigenvalue weighted by atomic mass is 35.5. The molecule has 1 aliphatic rings. The SMILES string of the molecule is CCc1nc2ccc(-c3cccc(Cl)c3F)cc2c(=O)n1C[C@H]1CCCN(C(C)C)C1. The second-order valence-corrected chi connectivity index (χ2v) is 9.13. The lowest BCUT2D eigenvalue weighted by Crippen LogP contribution is -2.42. The van der Waals surface area contributed by atoms with Gasteiger partial charge >= 0.3 is 0 Å². The van der Waals surface area contributed by atoms with Crippen molar-refractivity contribution in [2.75, 3.05) is 13.1 Å². The van der Waals surface area contributed by atoms with Gasteiger partial charge in [0, 0.05) is 31.1 Å². The van der Waals surface area contributed by atoms with E-state index in [0.29, 0.717) is 47.0 Å². The van der Waals surface area contributed by atoms with Gasteiger partial charge < -0.3 is 4.90 Å². The Morgan fingerprint density at radius 2 is 2.06 bits per heavy atom. The molecule has 1 aromatic heterocycles. The molecule has 2 heterocycles. The first kappa shape index (κ1) is 22.0. The van der Waals surface area contributed by atoms with Crippen LogP contribution in [0.4, 0.5) is 4.39 Å². The van der Waals surface area contributed by atoms with Crippen LogP contribution in [0.1, 0.15) is 39.4 Å². The van der Waals surface area contributed by atoms with Gasteiger partial charge in [0.05, 0.1) is 15.9 Å². The maximum atomic E-state index is 14.6. The van der Waals surface area contributed by atoms with Gasteiger partial charge in [-0.05, 0) is 62.9 Å². The number of fused-ring (bicyclic) bond motifs is 1. The number of hydrogen-bond donors (Lipinski definition) is 0. The normalized spacial score (nSPS) is 17.5. The zero-order valence-corrected chi connectivity index (χ0v) is 19.1. The third-order valence-electron chi connectivity index (χ3n) is 6.33. The topological polar surface area (TPSA) is 38.1 Å². The van der Waals surface area contributed by atoms with Crippen molar-refractivity contribution in [3.63, 3.8) is 0 Å². The molecule has 0 saturated carbocycles. The van der Waals surface area contributed by atoms with E-state index in [0.717, 1.165) is 31.8 Å². The maximum Gasteiger partial charge on any atom is 0.261 e. The number of likely N-dealkylation sites (tertiary alicyclic amines) is 1. The van der Waals surface area contributed by atoms with Gasteiger partial charge in [0.15, 0.2) is 0 Å². The molecule has 4 rings (SSSR count). The van der Waals surface area contributed by atoms with Gasteiger partial charge in [0.2, 0.25) is 0 Å². The van der Waals surface area contributed by atoms with Crippen molar-refractivity contribution in [1.29, 1.82) is 0 Å². The van der Waals surface area contributed by atoms with Crippen molar-refractivity contribution in [1.82, 2.24) is 14.5 Å². The van der Waals surface area contributed by atoms with Crippen molar-refractivity contribution >= 4 is 22.5 Å². The Labute approximate surface area is 187 Å². The molecule has 0 spiro atoms. The fourth-order valence-electron chi connectivity index (χ4n) is 4.59. The Bertz CT molecular complexity index is 1160. The Morgan fingerprint density at radius 1 is 1.26 bits per heavy atom. The van der Waals surface area contributed by atoms with Crippen LogP contribution in [0.2, 0.25) is 5.02 Å². The molecular formula is C25H29ClFN3O. The van der Waals surface area contributed by atoms with Crippen molar-refractivity contribution in [2.45, 2.75) is 52.6 Å². The summed E-state index contributed by atoms with van der Waals surface area (Å²) in [5.74, 6) is 0.755. The van der Waals surface area contributed by atoms with Crippen molar-refractivity contribution in [3.8, 4) is 11.1 Å². The monoisotopic (exact) mass is 441 g/mol. The van der Waals surface area contributed by atoms with E-state index in [1.807, 2.05) is 11.5 Å². The number of halogens is 2. The molecule has 0 bridgehead atoms. The van der Waals surface area contributed by atoms with Crippen LogP contribution in [0.15, 0.2) is 41.2 Å². The minimum absolute atomic E-state index is 0.0483. The lowest BCUT2D eigenvalue weighted by atomic mass is 9.96. The Morgan fingerprint density at radius 3 is 2.81 bits per heavy atom. The molecule has 1 fully saturated rings. The zero-order chi connectivity index (χ0) is 22.1. The van der Waals surface area contributed by atoms with Gasteiger partial charge in [-0.2, -0.15) is 0 Å². The first-order valence-electron chi connectivity index (χ1n) is 11.1. The lowest BCUT2D eigenvalue weighted by molar-refractivity contribution is 0.129. The smallest absolute Gasteiger partial charge is 0.261 e. The van der Waals surface area contributed by atoms with Gasteiger partial charge in [-0.1, -0.05) is 36.7 Å². The van der Waals surface area contributed by atoms with E-state index < -0.39 is 5.82 Å². The zero-order valence-electron chi connectivity index (χ0n) is 18.4. The maximum absolute atomic E-state index is 14.6. The predicted molar refractivity (Wildman–Crippen MR) is 125 cm³/mol. The Balaban J connectivity index is 1.76. The van der Waals surface area contributed by atoms with E-state index in [1.54, 1.807) is 30.3 Å². The second-order valence-electron chi connectivity index (χ2n) is 8.73. The lowest BCUT2D eigenvalue weighted by Gasteiger charge is -2.35. The van der Waals surface area contributed by atoms with Crippen LogP contribution >= 0.6 is 11.6 Å². The molecule has 3 aromatic rings. The largest absolute Gasteiger partial charge is 0.301 e. The summed E-state index contributed by atoms with van der Waals surface area (Å²) in [7, 11) is 0. The first-order chi connectivity index (χ1) is 14.9. The summed E-state index contributed by atoms with van der Waals surface area (Å²) in [6, 6.07) is 10.8. The summed E-state index contributed by atoms with van der Waals surface area (Å²) in [5, 5.41) is 0.590. The number of nitrogens with zero attached hydrogens (tertiary/aromatic N) is 3. The van der Waals surface area contributed by atoms with Crippen LogP contribution in [0, 0.1) is 11.7 Å². The minimum Gasteiger partial charge on any atom is -0.301 e. The summed E-state index contributed by atoms with van der Waals surface area (Å²) < 4.78 is 16.4. The average molecular weight is 442 g/mol. The number of rotatable bonds is 5. The van der Waals surface area contributed by atoms with Crippen molar-refractivity contribution in [3.05, 3.63) is 63.4 Å². The molecule has 0 N–H and O–H groups in total. The molecule has 1 saturated heterocycles. The van der Waals surface area contributed by atoms with Crippen molar-refractivity contribution < 1.29 is 4.39 Å². The summed E-state index contributed by atoms with van der Waals surface area (Å²) >= 11 is 5.96. The summed E-state index contributed by atoms with van der Waals surface area (Å²) in [5.41, 5.74) is 1.62. The molecular weight excluding hydrogens is 413 g/mol. The first-order valence-corrected chi connectivity index (χ1v) is 11.5. The van der Waals surface area contributed by atoms with Gasteiger partial charge in [0.1, 0.15) is 11.6 Å². The molecule has 6 heteroatoms. The third kappa shape index (κ3) is 4.39. The van der Waals surface area contributed by atoms with E-state index in [2.05, 4.69) is 18.7 Å². The van der Waals surface area contributed by atoms with Gasteiger partial charge in [0.25, 0.3) is 5.56 Å². The molecule has 0 radical (unpaired) electrons. The third-order valence-corrected chi connectivity index (χ3v) is 6.63. The highest BCUT2D eigenvalue weighted by molar-refractivity contribution is 6.31. The number of piperidine rings is 1. The number of aromatic nitrogens is 2. The average Bonchev–Trinajstić information content (AvgIpc) is 2.77. The van der Waals surface area contributed by atoms with Crippen molar-refractivity contribution in [2.24, 2.45) is 5.92 Å². The Hall–Kier alpha value is -2.24. The van der Waals surface area contributed by atoms with E-state index in [1.165, 1.54) is 6.07 Å². The fourth-order valence-corrected chi connectivity index (χ4v) is 4.77. The second kappa shape index (κ2) is 9.09. The van der Waals surface area contributed by atoms with Gasteiger partial charge in [-0.25, -0.2) is 9.37 Å². The van der Waals surface area contributed by atoms with Crippen LogP contribution in [-0.4, -0.2) is 33.6 Å². The highest BCUT2D eigenvalue weighted by Gasteiger charge is 2.23. The highest BCUT2D eigenvalue weighted by Crippen LogP contribution is 2.29. The van der Waals surface area contributed by atoms with Gasteiger partial charge in [-0.3, -0.25) is 9.36 Å². The Kier molecular flexibility index (Phi) is 6.44. The summed E-state index contributed by atoms with van der Waals surface area (Å²) in [4.78, 5) is 20.8. The fraction of sp³-hybridized carbons (Fsp3) is 0.440. The molecule has 1 aliphatic heterocycles. The van der Waals surface area contributed by atoms with Gasteiger partial charge in [-0.15, -0.1) is 0 Å². The number of hydrogen-bond acceptors (Lipinski definition) is 3. The molecule has 0 aliphatic carbocycles. The molecule has 164 valence electrons. The molecule has 31 heavy (non-hydrogen) atoms. The molecule has 1 atom stereocenters. The molecule has 4 nitrogen and oxygen atoms in total. The van der Waals surface area contributed by atoms with Crippen LogP contribution in [0.5, 0.6) is 0 Å². The van der Waals surface area contributed by atoms with Crippen LogP contribution < -0.4 is 5.56 Å². The van der Waals surface area contributed by atoms with E-state index >= 15 is 0 Å². The van der Waals surface area contributed by atoms with Crippen LogP contribution in [0.3, 0.4) is 0 Å². The molecule has 2 aromatic carbocycles. The van der Waals surface area contributed by atoms with Crippen LogP contribution in [-0.2, 0) is 13.0 Å². The number of aryl methyl sites for hydroxylation is 1. The van der Waals surface area contributed by atoms with E-state index in [9.17, 15) is 9.18 Å². The summed E-state index contributed by atoms with van der Waals surface area (Å²) in [6.45, 7) is 9.26. The van der Waals surface area contributed by atoms with E-state index in [-0.39, 0.29) is 10.6 Å². The van der Waals surface area contributed by atoms with Crippen LogP contribution in [0.25, 0.3) is 22.0 Å². The quantitative estimate of drug-likeness (QED) is 0.521. The predicted octanol–water partition coefficient (Wildman–Crippen LogP) is 5.54.